The van der Waals surface area contributed by atoms with Crippen molar-refractivity contribution in [2.24, 2.45) is 0 Å². The number of nitrogens with zero attached hydrogens (tertiary/aromatic N) is 1. The lowest BCUT2D eigenvalue weighted by Crippen LogP contribution is -2.39. The number of hydrogen-bond donors (Lipinski definition) is 0. The molecule has 1 fully saturated rings. The Bertz CT molecular complexity index is 470. The second-order valence-corrected chi connectivity index (χ2v) is 4.50. The molecule has 0 aliphatic carbocycles. The van der Waals surface area contributed by atoms with E-state index in [1.165, 1.54) is 0 Å². The molecule has 96 valence electrons. The smallest absolute Gasteiger partial charge is 0.254 e. The Kier molecular flexibility index (Phi) is 3.65. The minimum atomic E-state index is -0.260. The standard InChI is InChI=1S/C14H17NO3/c1-10(16)13-7-4-8-15(13)14(17)11-5-3-6-12(9-11)18-2/h3,5-6,9,13H,4,7-8H2,1-2H3/t13-/m0/s1. The molecule has 1 saturated heterocycles. The lowest BCUT2D eigenvalue weighted by atomic mass is 10.1. The van der Waals surface area contributed by atoms with Crippen molar-refractivity contribution < 1.29 is 14.3 Å². The molecule has 1 amide bonds. The van der Waals surface area contributed by atoms with Gasteiger partial charge in [0.1, 0.15) is 5.75 Å². The Hall–Kier alpha value is -1.84. The molecule has 0 spiro atoms. The normalized spacial score (nSPS) is 18.8. The van der Waals surface area contributed by atoms with Crippen LogP contribution < -0.4 is 4.74 Å². The minimum absolute atomic E-state index is 0.0590. The van der Waals surface area contributed by atoms with Crippen molar-refractivity contribution in [3.63, 3.8) is 0 Å². The monoisotopic (exact) mass is 247 g/mol. The van der Waals surface area contributed by atoms with Gasteiger partial charge in [-0.3, -0.25) is 9.59 Å². The van der Waals surface area contributed by atoms with Crippen LogP contribution in [0.1, 0.15) is 30.1 Å². The molecule has 4 nitrogen and oxygen atoms in total. The van der Waals surface area contributed by atoms with Gasteiger partial charge in [-0.15, -0.1) is 0 Å². The molecule has 4 heteroatoms. The first kappa shape index (κ1) is 12.6. The molecule has 0 N–H and O–H groups in total. The molecule has 1 aromatic rings. The van der Waals surface area contributed by atoms with Gasteiger partial charge in [0, 0.05) is 12.1 Å². The highest BCUT2D eigenvalue weighted by molar-refractivity contribution is 5.98. The molecule has 0 aromatic heterocycles. The molecular weight excluding hydrogens is 230 g/mol. The zero-order valence-corrected chi connectivity index (χ0v) is 10.7. The third-order valence-corrected chi connectivity index (χ3v) is 3.30. The van der Waals surface area contributed by atoms with E-state index < -0.39 is 0 Å². The van der Waals surface area contributed by atoms with Gasteiger partial charge in [0.2, 0.25) is 0 Å². The molecular formula is C14H17NO3. The summed E-state index contributed by atoms with van der Waals surface area (Å²) in [5, 5.41) is 0. The summed E-state index contributed by atoms with van der Waals surface area (Å²) in [6.45, 7) is 2.20. The van der Waals surface area contributed by atoms with Crippen molar-refractivity contribution in [2.45, 2.75) is 25.8 Å². The summed E-state index contributed by atoms with van der Waals surface area (Å²) in [4.78, 5) is 25.5. The first-order valence-electron chi connectivity index (χ1n) is 6.09. The summed E-state index contributed by atoms with van der Waals surface area (Å²) < 4.78 is 5.10. The van der Waals surface area contributed by atoms with Crippen LogP contribution in [0, 0.1) is 0 Å². The lowest BCUT2D eigenvalue weighted by molar-refractivity contribution is -0.120. The Morgan fingerprint density at radius 2 is 2.17 bits per heavy atom. The van der Waals surface area contributed by atoms with Crippen molar-refractivity contribution in [1.82, 2.24) is 4.90 Å². The number of likely N-dealkylation sites (tertiary alicyclic amines) is 1. The van der Waals surface area contributed by atoms with E-state index in [1.54, 1.807) is 43.2 Å². The van der Waals surface area contributed by atoms with E-state index in [0.29, 0.717) is 17.9 Å². The summed E-state index contributed by atoms with van der Waals surface area (Å²) in [6, 6.07) is 6.77. The van der Waals surface area contributed by atoms with Crippen LogP contribution in [-0.2, 0) is 4.79 Å². The molecule has 1 heterocycles. The predicted molar refractivity (Wildman–Crippen MR) is 67.7 cm³/mol. The number of Topliss-reactive ketones (excluding diaryl/α,β-unsaturated/α-hetero) is 1. The molecule has 2 rings (SSSR count). The number of methoxy groups -OCH3 is 1. The SMILES string of the molecule is COc1cccc(C(=O)N2CCC[C@H]2C(C)=O)c1. The fourth-order valence-corrected chi connectivity index (χ4v) is 2.35. The second kappa shape index (κ2) is 5.21. The third kappa shape index (κ3) is 2.37. The summed E-state index contributed by atoms with van der Waals surface area (Å²) in [5.41, 5.74) is 0.572. The van der Waals surface area contributed by atoms with Gasteiger partial charge in [0.05, 0.1) is 13.2 Å². The van der Waals surface area contributed by atoms with E-state index in [9.17, 15) is 9.59 Å². The summed E-state index contributed by atoms with van der Waals surface area (Å²) in [7, 11) is 1.57. The van der Waals surface area contributed by atoms with E-state index in [-0.39, 0.29) is 17.7 Å². The number of carbonyl (C=O) groups excluding carboxylic acids is 2. The Morgan fingerprint density at radius 1 is 1.39 bits per heavy atom. The number of hydrogen-bond acceptors (Lipinski definition) is 3. The maximum Gasteiger partial charge on any atom is 0.254 e. The van der Waals surface area contributed by atoms with Gasteiger partial charge in [-0.25, -0.2) is 0 Å². The van der Waals surface area contributed by atoms with Gasteiger partial charge < -0.3 is 9.64 Å². The van der Waals surface area contributed by atoms with Gasteiger partial charge in [-0.05, 0) is 38.0 Å². The zero-order chi connectivity index (χ0) is 13.1. The predicted octanol–water partition coefficient (Wildman–Crippen LogP) is 1.89. The number of carbonyl (C=O) groups is 2. The molecule has 1 aliphatic heterocycles. The zero-order valence-electron chi connectivity index (χ0n) is 10.7. The topological polar surface area (TPSA) is 46.6 Å². The number of benzene rings is 1. The van der Waals surface area contributed by atoms with E-state index in [0.717, 1.165) is 12.8 Å². The van der Waals surface area contributed by atoms with Crippen LogP contribution >= 0.6 is 0 Å². The van der Waals surface area contributed by atoms with Crippen LogP contribution in [0.5, 0.6) is 5.75 Å². The van der Waals surface area contributed by atoms with Crippen LogP contribution in [0.4, 0.5) is 0 Å². The largest absolute Gasteiger partial charge is 0.497 e. The van der Waals surface area contributed by atoms with Crippen molar-refractivity contribution in [1.29, 1.82) is 0 Å². The van der Waals surface area contributed by atoms with E-state index >= 15 is 0 Å². The maximum atomic E-state index is 12.3. The fourth-order valence-electron chi connectivity index (χ4n) is 2.35. The van der Waals surface area contributed by atoms with Crippen molar-refractivity contribution in [2.75, 3.05) is 13.7 Å². The van der Waals surface area contributed by atoms with Crippen LogP contribution in [0.3, 0.4) is 0 Å². The highest BCUT2D eigenvalue weighted by atomic mass is 16.5. The highest BCUT2D eigenvalue weighted by Gasteiger charge is 2.32. The summed E-state index contributed by atoms with van der Waals surface area (Å²) in [6.07, 6.45) is 1.66. The fraction of sp³-hybridized carbons (Fsp3) is 0.429. The van der Waals surface area contributed by atoms with Gasteiger partial charge in [0.25, 0.3) is 5.91 Å². The highest BCUT2D eigenvalue weighted by Crippen LogP contribution is 2.22. The molecule has 0 bridgehead atoms. The van der Waals surface area contributed by atoms with Crippen molar-refractivity contribution >= 4 is 11.7 Å². The Morgan fingerprint density at radius 3 is 2.83 bits per heavy atom. The van der Waals surface area contributed by atoms with Gasteiger partial charge in [-0.1, -0.05) is 6.07 Å². The summed E-state index contributed by atoms with van der Waals surface area (Å²) in [5.74, 6) is 0.620. The molecule has 1 aliphatic rings. The van der Waals surface area contributed by atoms with Gasteiger partial charge in [-0.2, -0.15) is 0 Å². The molecule has 0 saturated carbocycles. The van der Waals surface area contributed by atoms with Gasteiger partial charge in [0.15, 0.2) is 5.78 Å². The number of rotatable bonds is 3. The maximum absolute atomic E-state index is 12.3. The summed E-state index contributed by atoms with van der Waals surface area (Å²) >= 11 is 0. The van der Waals surface area contributed by atoms with E-state index in [4.69, 9.17) is 4.74 Å². The Balaban J connectivity index is 2.22. The van der Waals surface area contributed by atoms with Crippen molar-refractivity contribution in [3.8, 4) is 5.75 Å². The second-order valence-electron chi connectivity index (χ2n) is 4.50. The molecule has 1 aromatic carbocycles. The average molecular weight is 247 g/mol. The van der Waals surface area contributed by atoms with Crippen LogP contribution in [0.2, 0.25) is 0 Å². The van der Waals surface area contributed by atoms with E-state index in [2.05, 4.69) is 0 Å². The number of ketones is 1. The van der Waals surface area contributed by atoms with Crippen LogP contribution in [0.25, 0.3) is 0 Å². The quantitative estimate of drug-likeness (QED) is 0.819. The first-order chi connectivity index (χ1) is 8.63. The van der Waals surface area contributed by atoms with Crippen LogP contribution in [0.15, 0.2) is 24.3 Å². The lowest BCUT2D eigenvalue weighted by Gasteiger charge is -2.22. The molecule has 18 heavy (non-hydrogen) atoms. The van der Waals surface area contributed by atoms with E-state index in [1.807, 2.05) is 0 Å². The van der Waals surface area contributed by atoms with Gasteiger partial charge >= 0.3 is 0 Å². The molecule has 0 radical (unpaired) electrons. The molecule has 0 unspecified atom stereocenters. The van der Waals surface area contributed by atoms with Crippen molar-refractivity contribution in [3.05, 3.63) is 29.8 Å². The number of ether oxygens (including phenoxy) is 1. The Labute approximate surface area is 107 Å². The third-order valence-electron chi connectivity index (χ3n) is 3.30. The minimum Gasteiger partial charge on any atom is -0.497 e. The first-order valence-corrected chi connectivity index (χ1v) is 6.09. The average Bonchev–Trinajstić information content (AvgIpc) is 2.87. The van der Waals surface area contributed by atoms with Crippen LogP contribution in [-0.4, -0.2) is 36.3 Å². The number of amides is 1. The molecule has 1 atom stereocenters.